The van der Waals surface area contributed by atoms with Crippen LogP contribution < -0.4 is 5.32 Å². The summed E-state index contributed by atoms with van der Waals surface area (Å²) in [7, 11) is 0. The number of rotatable bonds is 6. The number of carbonyl (C=O) groups is 2. The van der Waals surface area contributed by atoms with Crippen LogP contribution in [-0.4, -0.2) is 32.6 Å². The summed E-state index contributed by atoms with van der Waals surface area (Å²) in [6.07, 6.45) is 5.82. The SMILES string of the molecule is O=C(N[C@@H](Cc1c[nH]c2ccccc12)C(=O)O)c1ccc(-n2cccc2)cc1. The summed E-state index contributed by atoms with van der Waals surface area (Å²) in [5, 5.41) is 13.2. The predicted octanol–water partition coefficient (Wildman–Crippen LogP) is 3.38. The van der Waals surface area contributed by atoms with Gasteiger partial charge in [-0.15, -0.1) is 0 Å². The van der Waals surface area contributed by atoms with Gasteiger partial charge in [-0.1, -0.05) is 18.2 Å². The second-order valence-electron chi connectivity index (χ2n) is 6.57. The highest BCUT2D eigenvalue weighted by Crippen LogP contribution is 2.19. The number of amides is 1. The molecule has 6 nitrogen and oxygen atoms in total. The van der Waals surface area contributed by atoms with Crippen LogP contribution in [0.2, 0.25) is 0 Å². The van der Waals surface area contributed by atoms with Crippen LogP contribution in [0.5, 0.6) is 0 Å². The van der Waals surface area contributed by atoms with Gasteiger partial charge in [-0.2, -0.15) is 0 Å². The molecule has 1 atom stereocenters. The highest BCUT2D eigenvalue weighted by atomic mass is 16.4. The first-order valence-corrected chi connectivity index (χ1v) is 8.94. The molecule has 0 aliphatic carbocycles. The van der Waals surface area contributed by atoms with Gasteiger partial charge in [0.15, 0.2) is 0 Å². The normalized spacial score (nSPS) is 12.0. The first-order chi connectivity index (χ1) is 13.6. The van der Waals surface area contributed by atoms with E-state index < -0.39 is 17.9 Å². The van der Waals surface area contributed by atoms with Crippen LogP contribution in [0.1, 0.15) is 15.9 Å². The first kappa shape index (κ1) is 17.6. The molecular weight excluding hydrogens is 354 g/mol. The van der Waals surface area contributed by atoms with Gasteiger partial charge in [0.2, 0.25) is 0 Å². The van der Waals surface area contributed by atoms with Crippen LogP contribution in [0.25, 0.3) is 16.6 Å². The van der Waals surface area contributed by atoms with Gasteiger partial charge in [0.25, 0.3) is 5.91 Å². The van der Waals surface area contributed by atoms with Gasteiger partial charge in [-0.25, -0.2) is 4.79 Å². The fraction of sp³-hybridized carbons (Fsp3) is 0.0909. The number of hydrogen-bond donors (Lipinski definition) is 3. The summed E-state index contributed by atoms with van der Waals surface area (Å²) in [5.41, 5.74) is 3.14. The van der Waals surface area contributed by atoms with Gasteiger partial charge in [0.1, 0.15) is 6.04 Å². The molecule has 0 unspecified atom stereocenters. The molecule has 140 valence electrons. The minimum atomic E-state index is -1.07. The van der Waals surface area contributed by atoms with E-state index in [4.69, 9.17) is 0 Å². The zero-order valence-corrected chi connectivity index (χ0v) is 15.0. The van der Waals surface area contributed by atoms with Crippen molar-refractivity contribution in [3.8, 4) is 5.69 Å². The molecule has 2 aromatic heterocycles. The van der Waals surface area contributed by atoms with Gasteiger partial charge in [0, 0.05) is 47.2 Å². The maximum absolute atomic E-state index is 12.6. The molecule has 0 bridgehead atoms. The van der Waals surface area contributed by atoms with Crippen molar-refractivity contribution in [3.05, 3.63) is 90.4 Å². The topological polar surface area (TPSA) is 87.1 Å². The summed E-state index contributed by atoms with van der Waals surface area (Å²) in [6, 6.07) is 17.5. The average molecular weight is 373 g/mol. The number of aromatic amines is 1. The molecule has 0 saturated heterocycles. The molecule has 6 heteroatoms. The van der Waals surface area contributed by atoms with E-state index in [1.165, 1.54) is 0 Å². The summed E-state index contributed by atoms with van der Waals surface area (Å²) >= 11 is 0. The zero-order chi connectivity index (χ0) is 19.5. The Morgan fingerprint density at radius 1 is 1.00 bits per heavy atom. The molecule has 4 rings (SSSR count). The number of H-pyrrole nitrogens is 1. The number of aliphatic carboxylic acids is 1. The number of nitrogens with zero attached hydrogens (tertiary/aromatic N) is 1. The lowest BCUT2D eigenvalue weighted by atomic mass is 10.0. The summed E-state index contributed by atoms with van der Waals surface area (Å²) in [4.78, 5) is 27.4. The van der Waals surface area contributed by atoms with Gasteiger partial charge in [0.05, 0.1) is 0 Å². The number of aromatic nitrogens is 2. The van der Waals surface area contributed by atoms with Gasteiger partial charge in [-0.3, -0.25) is 4.79 Å². The fourth-order valence-electron chi connectivity index (χ4n) is 3.25. The molecule has 3 N–H and O–H groups in total. The van der Waals surface area contributed by atoms with Crippen molar-refractivity contribution in [2.45, 2.75) is 12.5 Å². The van der Waals surface area contributed by atoms with Crippen LogP contribution in [-0.2, 0) is 11.2 Å². The lowest BCUT2D eigenvalue weighted by Gasteiger charge is -2.14. The van der Waals surface area contributed by atoms with E-state index in [2.05, 4.69) is 10.3 Å². The first-order valence-electron chi connectivity index (χ1n) is 8.94. The Morgan fingerprint density at radius 3 is 2.43 bits per heavy atom. The van der Waals surface area contributed by atoms with Crippen LogP contribution in [0.4, 0.5) is 0 Å². The van der Waals surface area contributed by atoms with Crippen LogP contribution >= 0.6 is 0 Å². The number of carboxylic acids is 1. The lowest BCUT2D eigenvalue weighted by molar-refractivity contribution is -0.139. The predicted molar refractivity (Wildman–Crippen MR) is 107 cm³/mol. The smallest absolute Gasteiger partial charge is 0.326 e. The van der Waals surface area contributed by atoms with Gasteiger partial charge in [-0.05, 0) is 48.0 Å². The Hall–Kier alpha value is -3.80. The van der Waals surface area contributed by atoms with Gasteiger partial charge < -0.3 is 20.0 Å². The van der Waals surface area contributed by atoms with Crippen LogP contribution in [0.15, 0.2) is 79.3 Å². The van der Waals surface area contributed by atoms with Crippen molar-refractivity contribution in [3.63, 3.8) is 0 Å². The molecule has 0 aliphatic rings. The summed E-state index contributed by atoms with van der Waals surface area (Å²) in [6.45, 7) is 0. The minimum Gasteiger partial charge on any atom is -0.480 e. The Morgan fingerprint density at radius 2 is 1.71 bits per heavy atom. The molecular formula is C22H19N3O3. The Labute approximate surface area is 161 Å². The maximum Gasteiger partial charge on any atom is 0.326 e. The lowest BCUT2D eigenvalue weighted by Crippen LogP contribution is -2.42. The second kappa shape index (κ2) is 7.44. The van der Waals surface area contributed by atoms with E-state index in [1.54, 1.807) is 18.3 Å². The van der Waals surface area contributed by atoms with Crippen molar-refractivity contribution in [1.82, 2.24) is 14.9 Å². The molecule has 0 fully saturated rings. The minimum absolute atomic E-state index is 0.201. The Balaban J connectivity index is 1.50. The zero-order valence-electron chi connectivity index (χ0n) is 15.0. The monoisotopic (exact) mass is 373 g/mol. The van der Waals surface area contributed by atoms with Crippen molar-refractivity contribution < 1.29 is 14.7 Å². The molecule has 0 aliphatic heterocycles. The molecule has 2 aromatic carbocycles. The van der Waals surface area contributed by atoms with Gasteiger partial charge >= 0.3 is 5.97 Å². The second-order valence-corrected chi connectivity index (χ2v) is 6.57. The molecule has 0 saturated carbocycles. The number of benzene rings is 2. The maximum atomic E-state index is 12.6. The molecule has 0 spiro atoms. The molecule has 4 aromatic rings. The number of para-hydroxylation sites is 1. The third kappa shape index (κ3) is 3.53. The Bertz CT molecular complexity index is 1110. The van der Waals surface area contributed by atoms with Crippen molar-refractivity contribution >= 4 is 22.8 Å². The molecule has 0 radical (unpaired) electrons. The quantitative estimate of drug-likeness (QED) is 0.484. The van der Waals surface area contributed by atoms with Crippen LogP contribution in [0, 0.1) is 0 Å². The van der Waals surface area contributed by atoms with E-state index in [-0.39, 0.29) is 6.42 Å². The third-order valence-electron chi connectivity index (χ3n) is 4.73. The van der Waals surface area contributed by atoms with E-state index in [9.17, 15) is 14.7 Å². The van der Waals surface area contributed by atoms with E-state index in [1.807, 2.05) is 65.5 Å². The fourth-order valence-corrected chi connectivity index (χ4v) is 3.25. The number of fused-ring (bicyclic) bond motifs is 1. The van der Waals surface area contributed by atoms with E-state index in [0.717, 1.165) is 22.2 Å². The highest BCUT2D eigenvalue weighted by molar-refractivity contribution is 5.97. The van der Waals surface area contributed by atoms with E-state index in [0.29, 0.717) is 5.56 Å². The summed E-state index contributed by atoms with van der Waals surface area (Å²) in [5.74, 6) is -1.48. The largest absolute Gasteiger partial charge is 0.480 e. The standard InChI is InChI=1S/C22H19N3O3/c26-21(15-7-9-17(10-8-15)25-11-3-4-12-25)24-20(22(27)28)13-16-14-23-19-6-2-1-5-18(16)19/h1-12,14,20,23H,13H2,(H,24,26)(H,27,28)/t20-/m0/s1. The number of nitrogens with one attached hydrogen (secondary N) is 2. The van der Waals surface area contributed by atoms with Crippen LogP contribution in [0.3, 0.4) is 0 Å². The van der Waals surface area contributed by atoms with Crippen molar-refractivity contribution in [2.75, 3.05) is 0 Å². The number of hydrogen-bond acceptors (Lipinski definition) is 2. The number of carboxylic acid groups (broad SMARTS) is 1. The number of carbonyl (C=O) groups excluding carboxylic acids is 1. The van der Waals surface area contributed by atoms with Crippen molar-refractivity contribution in [1.29, 1.82) is 0 Å². The molecule has 28 heavy (non-hydrogen) atoms. The van der Waals surface area contributed by atoms with Crippen molar-refractivity contribution in [2.24, 2.45) is 0 Å². The molecule has 1 amide bonds. The van der Waals surface area contributed by atoms with E-state index >= 15 is 0 Å². The Kier molecular flexibility index (Phi) is 4.68. The highest BCUT2D eigenvalue weighted by Gasteiger charge is 2.22. The molecule has 2 heterocycles. The average Bonchev–Trinajstić information content (AvgIpc) is 3.38. The summed E-state index contributed by atoms with van der Waals surface area (Å²) < 4.78 is 1.93. The third-order valence-corrected chi connectivity index (χ3v) is 4.73.